The second-order valence-electron chi connectivity index (χ2n) is 6.53. The predicted molar refractivity (Wildman–Crippen MR) is 106 cm³/mol. The van der Waals surface area contributed by atoms with Crippen molar-refractivity contribution in [3.63, 3.8) is 0 Å². The number of amides is 2. The highest BCUT2D eigenvalue weighted by Gasteiger charge is 2.24. The molecule has 150 valence electrons. The number of anilines is 2. The highest BCUT2D eigenvalue weighted by molar-refractivity contribution is 6.00. The number of ether oxygens (including phenoxy) is 2. The third-order valence-electron chi connectivity index (χ3n) is 4.25. The number of rotatable bonds is 6. The van der Waals surface area contributed by atoms with Gasteiger partial charge in [0.15, 0.2) is 5.65 Å². The van der Waals surface area contributed by atoms with Crippen LogP contribution in [0, 0.1) is 17.2 Å². The van der Waals surface area contributed by atoms with Crippen LogP contribution in [0.1, 0.15) is 31.2 Å². The lowest BCUT2D eigenvalue weighted by Gasteiger charge is -2.23. The molecule has 3 heterocycles. The molecule has 3 aromatic heterocycles. The third kappa shape index (κ3) is 4.09. The van der Waals surface area contributed by atoms with E-state index in [4.69, 9.17) is 14.7 Å². The van der Waals surface area contributed by atoms with E-state index >= 15 is 0 Å². The number of nitrogens with zero attached hydrogens (tertiary/aromatic N) is 5. The van der Waals surface area contributed by atoms with Gasteiger partial charge in [-0.2, -0.15) is 10.4 Å². The lowest BCUT2D eigenvalue weighted by molar-refractivity contribution is 0.0600. The van der Waals surface area contributed by atoms with Crippen molar-refractivity contribution in [3.8, 4) is 11.9 Å². The molecular formula is C19H21N7O3. The minimum Gasteiger partial charge on any atom is -0.480 e. The van der Waals surface area contributed by atoms with E-state index in [-0.39, 0.29) is 23.5 Å². The number of methoxy groups -OCH3 is 2. The Morgan fingerprint density at radius 3 is 2.69 bits per heavy atom. The van der Waals surface area contributed by atoms with Gasteiger partial charge in [-0.05, 0) is 12.0 Å². The van der Waals surface area contributed by atoms with Crippen LogP contribution in [0.3, 0.4) is 0 Å². The van der Waals surface area contributed by atoms with Crippen LogP contribution in [0.4, 0.5) is 16.2 Å². The Bertz CT molecular complexity index is 1070. The van der Waals surface area contributed by atoms with Crippen molar-refractivity contribution in [2.24, 2.45) is 5.92 Å². The summed E-state index contributed by atoms with van der Waals surface area (Å²) in [6.45, 7) is 4.03. The maximum absolute atomic E-state index is 12.6. The largest absolute Gasteiger partial charge is 0.480 e. The summed E-state index contributed by atoms with van der Waals surface area (Å²) >= 11 is 0. The molecule has 2 N–H and O–H groups in total. The first-order chi connectivity index (χ1) is 14.0. The molecule has 0 aliphatic rings. The van der Waals surface area contributed by atoms with E-state index in [1.165, 1.54) is 19.4 Å². The standard InChI is InChI=1S/C19H21N7O3/c1-11(2)17(28-3)16-14(10-21-15-5-6-23-26(15)16)25-19(27)24-13-7-12(8-20)18(29-4)22-9-13/h5-7,9-11,17H,1-4H3,(H2,24,25,27). The number of nitrogens with one attached hydrogen (secondary N) is 2. The van der Waals surface area contributed by atoms with Gasteiger partial charge in [0.05, 0.1) is 42.8 Å². The average Bonchev–Trinajstić information content (AvgIpc) is 3.18. The lowest BCUT2D eigenvalue weighted by Crippen LogP contribution is -2.24. The number of urea groups is 1. The van der Waals surface area contributed by atoms with Crippen LogP contribution in [-0.4, -0.2) is 39.8 Å². The Morgan fingerprint density at radius 1 is 1.24 bits per heavy atom. The molecule has 0 aromatic carbocycles. The monoisotopic (exact) mass is 395 g/mol. The molecule has 10 heteroatoms. The van der Waals surface area contributed by atoms with E-state index < -0.39 is 6.03 Å². The maximum Gasteiger partial charge on any atom is 0.323 e. The van der Waals surface area contributed by atoms with Gasteiger partial charge in [-0.1, -0.05) is 13.8 Å². The molecule has 3 rings (SSSR count). The molecule has 0 aliphatic heterocycles. The fraction of sp³-hybridized carbons (Fsp3) is 0.316. The van der Waals surface area contributed by atoms with E-state index in [2.05, 4.69) is 25.7 Å². The summed E-state index contributed by atoms with van der Waals surface area (Å²) < 4.78 is 12.3. The van der Waals surface area contributed by atoms with Crippen LogP contribution in [0.5, 0.6) is 5.88 Å². The molecule has 10 nitrogen and oxygen atoms in total. The number of hydrogen-bond acceptors (Lipinski definition) is 7. The van der Waals surface area contributed by atoms with Gasteiger partial charge >= 0.3 is 6.03 Å². The van der Waals surface area contributed by atoms with E-state index in [0.29, 0.717) is 22.7 Å². The molecule has 0 spiro atoms. The molecular weight excluding hydrogens is 374 g/mol. The highest BCUT2D eigenvalue weighted by Crippen LogP contribution is 2.31. The Kier molecular flexibility index (Phi) is 5.90. The van der Waals surface area contributed by atoms with Gasteiger partial charge in [-0.25, -0.2) is 19.3 Å². The van der Waals surface area contributed by atoms with Gasteiger partial charge in [-0.3, -0.25) is 0 Å². The Balaban J connectivity index is 1.90. The van der Waals surface area contributed by atoms with E-state index in [1.54, 1.807) is 30.1 Å². The first-order valence-electron chi connectivity index (χ1n) is 8.86. The minimum atomic E-state index is -0.519. The normalized spacial score (nSPS) is 11.9. The quantitative estimate of drug-likeness (QED) is 0.657. The summed E-state index contributed by atoms with van der Waals surface area (Å²) in [7, 11) is 3.03. The number of pyridine rings is 1. The summed E-state index contributed by atoms with van der Waals surface area (Å²) in [6, 6.07) is 4.70. The summed E-state index contributed by atoms with van der Waals surface area (Å²) in [5.74, 6) is 0.316. The van der Waals surface area contributed by atoms with Crippen molar-refractivity contribution in [2.75, 3.05) is 24.9 Å². The zero-order valence-electron chi connectivity index (χ0n) is 16.5. The molecule has 0 aliphatic carbocycles. The van der Waals surface area contributed by atoms with Gasteiger partial charge in [0, 0.05) is 13.2 Å². The summed E-state index contributed by atoms with van der Waals surface area (Å²) in [5.41, 5.74) is 2.35. The van der Waals surface area contributed by atoms with Crippen molar-refractivity contribution in [1.82, 2.24) is 19.6 Å². The van der Waals surface area contributed by atoms with Gasteiger partial charge in [0.2, 0.25) is 5.88 Å². The molecule has 0 saturated carbocycles. The first kappa shape index (κ1) is 20.0. The van der Waals surface area contributed by atoms with Crippen molar-refractivity contribution < 1.29 is 14.3 Å². The number of nitriles is 1. The predicted octanol–water partition coefficient (Wildman–Crippen LogP) is 2.99. The highest BCUT2D eigenvalue weighted by atomic mass is 16.5. The first-order valence-corrected chi connectivity index (χ1v) is 8.86. The second kappa shape index (κ2) is 8.53. The topological polar surface area (TPSA) is 126 Å². The zero-order chi connectivity index (χ0) is 21.0. The van der Waals surface area contributed by atoms with Gasteiger partial charge in [0.25, 0.3) is 0 Å². The Hall–Kier alpha value is -3.71. The molecule has 0 fully saturated rings. The maximum atomic E-state index is 12.6. The average molecular weight is 395 g/mol. The molecule has 0 radical (unpaired) electrons. The summed E-state index contributed by atoms with van der Waals surface area (Å²) in [6.07, 6.45) is 4.28. The smallest absolute Gasteiger partial charge is 0.323 e. The van der Waals surface area contributed by atoms with Gasteiger partial charge in [-0.15, -0.1) is 0 Å². The Labute approximate surface area is 167 Å². The van der Waals surface area contributed by atoms with Crippen molar-refractivity contribution >= 4 is 23.1 Å². The minimum absolute atomic E-state index is 0.127. The van der Waals surface area contributed by atoms with E-state index in [1.807, 2.05) is 19.9 Å². The van der Waals surface area contributed by atoms with Crippen molar-refractivity contribution in [2.45, 2.75) is 20.0 Å². The van der Waals surface area contributed by atoms with Crippen LogP contribution >= 0.6 is 0 Å². The second-order valence-corrected chi connectivity index (χ2v) is 6.53. The molecule has 2 amide bonds. The van der Waals surface area contributed by atoms with Gasteiger partial charge in [0.1, 0.15) is 17.7 Å². The molecule has 0 saturated heterocycles. The van der Waals surface area contributed by atoms with Crippen LogP contribution < -0.4 is 15.4 Å². The number of carbonyl (C=O) groups is 1. The molecule has 0 bridgehead atoms. The number of carbonyl (C=O) groups excluding carboxylic acids is 1. The van der Waals surface area contributed by atoms with Crippen molar-refractivity contribution in [1.29, 1.82) is 5.26 Å². The van der Waals surface area contributed by atoms with E-state index in [0.717, 1.165) is 0 Å². The fourth-order valence-electron chi connectivity index (χ4n) is 3.01. The Morgan fingerprint density at radius 2 is 2.03 bits per heavy atom. The van der Waals surface area contributed by atoms with Crippen LogP contribution in [0.15, 0.2) is 30.7 Å². The molecule has 1 atom stereocenters. The summed E-state index contributed by atoms with van der Waals surface area (Å²) in [4.78, 5) is 20.9. The number of hydrogen-bond donors (Lipinski definition) is 2. The van der Waals surface area contributed by atoms with Crippen molar-refractivity contribution in [3.05, 3.63) is 42.0 Å². The number of fused-ring (bicyclic) bond motifs is 1. The van der Waals surface area contributed by atoms with Crippen LogP contribution in [0.25, 0.3) is 5.65 Å². The fourth-order valence-corrected chi connectivity index (χ4v) is 3.01. The summed E-state index contributed by atoms with van der Waals surface area (Å²) in [5, 5.41) is 18.9. The SMILES string of the molecule is COc1ncc(NC(=O)Nc2cnc3ccnn3c2C(OC)C(C)C)cc1C#N. The van der Waals surface area contributed by atoms with Gasteiger partial charge < -0.3 is 20.1 Å². The number of aromatic nitrogens is 4. The third-order valence-corrected chi connectivity index (χ3v) is 4.25. The van der Waals surface area contributed by atoms with E-state index in [9.17, 15) is 4.79 Å². The molecule has 29 heavy (non-hydrogen) atoms. The lowest BCUT2D eigenvalue weighted by atomic mass is 10.0. The van der Waals surface area contributed by atoms with Crippen LogP contribution in [0.2, 0.25) is 0 Å². The van der Waals surface area contributed by atoms with Crippen LogP contribution in [-0.2, 0) is 4.74 Å². The molecule has 3 aromatic rings. The zero-order valence-corrected chi connectivity index (χ0v) is 16.5. The molecule has 1 unspecified atom stereocenters.